The van der Waals surface area contributed by atoms with Crippen molar-refractivity contribution in [3.63, 3.8) is 0 Å². The second-order valence-electron chi connectivity index (χ2n) is 8.08. The highest BCUT2D eigenvalue weighted by Crippen LogP contribution is 2.80. The number of ketones is 1. The van der Waals surface area contributed by atoms with Gasteiger partial charge in [-0.05, 0) is 41.4 Å². The maximum absolute atomic E-state index is 12.1. The Morgan fingerprint density at radius 3 is 2.29 bits per heavy atom. The van der Waals surface area contributed by atoms with Crippen molar-refractivity contribution >= 4 is 5.78 Å². The molecule has 0 radical (unpaired) electrons. The third-order valence-corrected chi connectivity index (χ3v) is 6.76. The summed E-state index contributed by atoms with van der Waals surface area (Å²) in [6.07, 6.45) is 4.91. The molecule has 4 atom stereocenters. The molecular formula is C23H22O. The van der Waals surface area contributed by atoms with Gasteiger partial charge in [-0.3, -0.25) is 4.79 Å². The first-order valence-electron chi connectivity index (χ1n) is 9.01. The van der Waals surface area contributed by atoms with Gasteiger partial charge in [0.25, 0.3) is 0 Å². The molecule has 2 fully saturated rings. The third kappa shape index (κ3) is 1.73. The van der Waals surface area contributed by atoms with E-state index in [9.17, 15) is 4.79 Å². The molecule has 120 valence electrons. The fraction of sp³-hybridized carbons (Fsp3) is 0.348. The molecule has 0 aliphatic heterocycles. The van der Waals surface area contributed by atoms with E-state index in [1.807, 2.05) is 6.08 Å². The fourth-order valence-corrected chi connectivity index (χ4v) is 5.74. The van der Waals surface area contributed by atoms with Gasteiger partial charge < -0.3 is 0 Å². The van der Waals surface area contributed by atoms with Crippen LogP contribution in [-0.4, -0.2) is 5.78 Å². The van der Waals surface area contributed by atoms with Crippen molar-refractivity contribution in [3.8, 4) is 0 Å². The number of hydrogen-bond acceptors (Lipinski definition) is 1. The summed E-state index contributed by atoms with van der Waals surface area (Å²) in [5.74, 6) is 1.34. The molecule has 0 spiro atoms. The molecule has 0 heterocycles. The van der Waals surface area contributed by atoms with Gasteiger partial charge in [-0.15, -0.1) is 0 Å². The van der Waals surface area contributed by atoms with Gasteiger partial charge in [0.05, 0.1) is 0 Å². The van der Waals surface area contributed by atoms with Gasteiger partial charge in [-0.1, -0.05) is 73.2 Å². The normalized spacial score (nSPS) is 36.7. The summed E-state index contributed by atoms with van der Waals surface area (Å²) in [5.41, 5.74) is 4.70. The molecule has 3 aliphatic carbocycles. The Kier molecular flexibility index (Phi) is 2.78. The summed E-state index contributed by atoms with van der Waals surface area (Å²) in [4.78, 5) is 12.1. The zero-order chi connectivity index (χ0) is 16.4. The second-order valence-corrected chi connectivity index (χ2v) is 8.08. The number of hydrogen-bond donors (Lipinski definition) is 0. The summed E-state index contributed by atoms with van der Waals surface area (Å²) in [7, 11) is 0. The molecule has 0 saturated heterocycles. The van der Waals surface area contributed by atoms with Gasteiger partial charge in [0.1, 0.15) is 0 Å². The van der Waals surface area contributed by atoms with Crippen LogP contribution < -0.4 is 0 Å². The Balaban J connectivity index is 1.68. The summed E-state index contributed by atoms with van der Waals surface area (Å²) in [6.45, 7) is 2.38. The Labute approximate surface area is 143 Å². The van der Waals surface area contributed by atoms with Crippen LogP contribution >= 0.6 is 0 Å². The van der Waals surface area contributed by atoms with Crippen molar-refractivity contribution in [2.24, 2.45) is 11.3 Å². The van der Waals surface area contributed by atoms with Crippen molar-refractivity contribution in [1.29, 1.82) is 0 Å². The van der Waals surface area contributed by atoms with Crippen LogP contribution in [0.3, 0.4) is 0 Å². The minimum Gasteiger partial charge on any atom is -0.295 e. The van der Waals surface area contributed by atoms with Crippen LogP contribution in [0.4, 0.5) is 0 Å². The highest BCUT2D eigenvalue weighted by Gasteiger charge is 2.74. The van der Waals surface area contributed by atoms with Crippen molar-refractivity contribution in [2.45, 2.75) is 37.5 Å². The maximum Gasteiger partial charge on any atom is 0.155 e. The second kappa shape index (κ2) is 4.69. The monoisotopic (exact) mass is 314 g/mol. The van der Waals surface area contributed by atoms with Gasteiger partial charge in [0.2, 0.25) is 0 Å². The van der Waals surface area contributed by atoms with E-state index in [0.29, 0.717) is 24.0 Å². The van der Waals surface area contributed by atoms with Crippen molar-refractivity contribution < 1.29 is 4.79 Å². The smallest absolute Gasteiger partial charge is 0.155 e. The van der Waals surface area contributed by atoms with Gasteiger partial charge >= 0.3 is 0 Å². The number of allylic oxidation sites excluding steroid dienone is 2. The van der Waals surface area contributed by atoms with Gasteiger partial charge in [0.15, 0.2) is 5.78 Å². The van der Waals surface area contributed by atoms with Crippen LogP contribution in [0.5, 0.6) is 0 Å². The van der Waals surface area contributed by atoms with E-state index in [1.165, 1.54) is 23.1 Å². The number of carbonyl (C=O) groups excluding carboxylic acids is 1. The average molecular weight is 314 g/mol. The zero-order valence-corrected chi connectivity index (χ0v) is 14.0. The van der Waals surface area contributed by atoms with Gasteiger partial charge in [-0.2, -0.15) is 0 Å². The summed E-state index contributed by atoms with van der Waals surface area (Å²) in [6, 6.07) is 21.9. The Morgan fingerprint density at radius 2 is 1.58 bits per heavy atom. The Morgan fingerprint density at radius 1 is 0.917 bits per heavy atom. The standard InChI is InChI=1S/C23H22O/c1-22-13-12-18(24)14-19(22)21-20(16-8-4-2-5-9-16)23(21,15-22)17-10-6-3-7-11-17/h2-11,14,20-21H,12-13,15H2,1H3/t20-,21+,22+,23+/m1/s1. The minimum atomic E-state index is 0.188. The molecule has 1 heteroatoms. The van der Waals surface area contributed by atoms with E-state index < -0.39 is 0 Å². The lowest BCUT2D eigenvalue weighted by Crippen LogP contribution is -2.26. The molecule has 24 heavy (non-hydrogen) atoms. The van der Waals surface area contributed by atoms with Crippen LogP contribution in [-0.2, 0) is 10.2 Å². The number of carbonyl (C=O) groups is 1. The van der Waals surface area contributed by atoms with E-state index >= 15 is 0 Å². The first-order chi connectivity index (χ1) is 11.7. The first kappa shape index (κ1) is 14.2. The summed E-state index contributed by atoms with van der Waals surface area (Å²) < 4.78 is 0. The zero-order valence-electron chi connectivity index (χ0n) is 14.0. The number of benzene rings is 2. The van der Waals surface area contributed by atoms with Crippen LogP contribution in [0.2, 0.25) is 0 Å². The van der Waals surface area contributed by atoms with Gasteiger partial charge in [-0.25, -0.2) is 0 Å². The molecular weight excluding hydrogens is 292 g/mol. The van der Waals surface area contributed by atoms with Crippen LogP contribution in [0.25, 0.3) is 0 Å². The average Bonchev–Trinajstić information content (AvgIpc) is 3.19. The Bertz CT molecular complexity index is 835. The topological polar surface area (TPSA) is 17.1 Å². The number of fused-ring (bicyclic) bond motifs is 3. The molecule has 0 aromatic heterocycles. The minimum absolute atomic E-state index is 0.188. The molecule has 1 nitrogen and oxygen atoms in total. The first-order valence-corrected chi connectivity index (χ1v) is 9.01. The molecule has 0 amide bonds. The van der Waals surface area contributed by atoms with Crippen LogP contribution in [0, 0.1) is 11.3 Å². The lowest BCUT2D eigenvalue weighted by atomic mass is 9.69. The largest absolute Gasteiger partial charge is 0.295 e. The fourth-order valence-electron chi connectivity index (χ4n) is 5.74. The Hall–Kier alpha value is -2.15. The van der Waals surface area contributed by atoms with E-state index in [4.69, 9.17) is 0 Å². The van der Waals surface area contributed by atoms with Crippen molar-refractivity contribution in [3.05, 3.63) is 83.4 Å². The summed E-state index contributed by atoms with van der Waals surface area (Å²) in [5, 5.41) is 0. The van der Waals surface area contributed by atoms with E-state index in [1.54, 1.807) is 0 Å². The predicted octanol–water partition coefficient (Wildman–Crippen LogP) is 5.04. The highest BCUT2D eigenvalue weighted by molar-refractivity contribution is 5.92. The molecule has 5 rings (SSSR count). The van der Waals surface area contributed by atoms with E-state index in [2.05, 4.69) is 67.6 Å². The quantitative estimate of drug-likeness (QED) is 0.759. The SMILES string of the molecule is C[C@@]12CCC(=O)C=C1[C@H]1[C@@H](c3ccccc3)[C@@]1(c1ccccc1)C2. The van der Waals surface area contributed by atoms with Crippen LogP contribution in [0.1, 0.15) is 43.2 Å². The molecule has 0 bridgehead atoms. The highest BCUT2D eigenvalue weighted by atomic mass is 16.1. The maximum atomic E-state index is 12.1. The number of rotatable bonds is 2. The molecule has 0 unspecified atom stereocenters. The van der Waals surface area contributed by atoms with E-state index in [-0.39, 0.29) is 10.8 Å². The molecule has 3 aliphatic rings. The molecule has 2 saturated carbocycles. The van der Waals surface area contributed by atoms with Crippen molar-refractivity contribution in [2.75, 3.05) is 0 Å². The van der Waals surface area contributed by atoms with Crippen molar-refractivity contribution in [1.82, 2.24) is 0 Å². The summed E-state index contributed by atoms with van der Waals surface area (Å²) >= 11 is 0. The molecule has 2 aromatic carbocycles. The van der Waals surface area contributed by atoms with Crippen LogP contribution in [0.15, 0.2) is 72.3 Å². The predicted molar refractivity (Wildman–Crippen MR) is 95.8 cm³/mol. The molecule has 2 aromatic rings. The molecule has 0 N–H and O–H groups in total. The van der Waals surface area contributed by atoms with E-state index in [0.717, 1.165) is 6.42 Å². The third-order valence-electron chi connectivity index (χ3n) is 6.76. The van der Waals surface area contributed by atoms with Gasteiger partial charge in [0, 0.05) is 17.8 Å². The lowest BCUT2D eigenvalue weighted by molar-refractivity contribution is -0.115. The lowest BCUT2D eigenvalue weighted by Gasteiger charge is -2.34.